The highest BCUT2D eigenvalue weighted by molar-refractivity contribution is 5.39. The molecule has 0 aliphatic rings. The molecule has 0 radical (unpaired) electrons. The lowest BCUT2D eigenvalue weighted by atomic mass is 9.94. The van der Waals surface area contributed by atoms with Crippen LogP contribution in [0.3, 0.4) is 0 Å². The van der Waals surface area contributed by atoms with E-state index < -0.39 is 17.7 Å². The summed E-state index contributed by atoms with van der Waals surface area (Å²) in [6, 6.07) is 4.74. The summed E-state index contributed by atoms with van der Waals surface area (Å²) >= 11 is 0. The van der Waals surface area contributed by atoms with E-state index in [9.17, 15) is 13.2 Å². The summed E-state index contributed by atoms with van der Waals surface area (Å²) in [5, 5.41) is 0. The van der Waals surface area contributed by atoms with Gasteiger partial charge in [0.1, 0.15) is 5.82 Å². The van der Waals surface area contributed by atoms with Crippen LogP contribution in [0, 0.1) is 30.0 Å². The molecule has 0 aliphatic heterocycles. The molecule has 1 rings (SSSR count). The fourth-order valence-corrected chi connectivity index (χ4v) is 1.03. The number of alkyl halides is 2. The quantitative estimate of drug-likeness (QED) is 0.633. The SMILES string of the molecule is CC.Cc1cccc(C#CC(C)(C)C(F)F)c1F. The van der Waals surface area contributed by atoms with Gasteiger partial charge in [0.05, 0.1) is 11.0 Å². The van der Waals surface area contributed by atoms with Crippen LogP contribution in [0.1, 0.15) is 38.8 Å². The van der Waals surface area contributed by atoms with Crippen molar-refractivity contribution < 1.29 is 13.2 Å². The molecule has 100 valence electrons. The molecule has 0 aromatic heterocycles. The molecule has 0 saturated carbocycles. The summed E-state index contributed by atoms with van der Waals surface area (Å²) in [5.74, 6) is 4.43. The number of hydrogen-bond donors (Lipinski definition) is 0. The van der Waals surface area contributed by atoms with Gasteiger partial charge < -0.3 is 0 Å². The van der Waals surface area contributed by atoms with Crippen LogP contribution < -0.4 is 0 Å². The minimum Gasteiger partial charge on any atom is -0.209 e. The van der Waals surface area contributed by atoms with E-state index in [2.05, 4.69) is 11.8 Å². The number of rotatable bonds is 1. The Labute approximate surface area is 107 Å². The second-order valence-electron chi connectivity index (χ2n) is 4.21. The van der Waals surface area contributed by atoms with Crippen molar-refractivity contribution in [1.82, 2.24) is 0 Å². The maximum absolute atomic E-state index is 13.5. The van der Waals surface area contributed by atoms with Gasteiger partial charge in [0.15, 0.2) is 0 Å². The first-order valence-corrected chi connectivity index (χ1v) is 5.91. The summed E-state index contributed by atoms with van der Waals surface area (Å²) in [4.78, 5) is 0. The third-order valence-corrected chi connectivity index (χ3v) is 2.26. The Morgan fingerprint density at radius 1 is 1.17 bits per heavy atom. The minimum atomic E-state index is -2.55. The molecule has 0 bridgehead atoms. The minimum absolute atomic E-state index is 0.161. The smallest absolute Gasteiger partial charge is 0.209 e. The maximum Gasteiger partial charge on any atom is 0.254 e. The highest BCUT2D eigenvalue weighted by Crippen LogP contribution is 2.23. The molecule has 0 nitrogen and oxygen atoms in total. The molecule has 0 aliphatic carbocycles. The van der Waals surface area contributed by atoms with Crippen molar-refractivity contribution in [2.45, 2.75) is 41.0 Å². The Hall–Kier alpha value is -1.43. The third kappa shape index (κ3) is 4.44. The lowest BCUT2D eigenvalue weighted by Crippen LogP contribution is -2.19. The monoisotopic (exact) mass is 256 g/mol. The second-order valence-corrected chi connectivity index (χ2v) is 4.21. The Morgan fingerprint density at radius 3 is 2.22 bits per heavy atom. The molecule has 18 heavy (non-hydrogen) atoms. The van der Waals surface area contributed by atoms with Crippen LogP contribution in [-0.4, -0.2) is 6.43 Å². The number of aryl methyl sites for hydroxylation is 1. The van der Waals surface area contributed by atoms with Crippen LogP contribution >= 0.6 is 0 Å². The van der Waals surface area contributed by atoms with Crippen LogP contribution in [0.2, 0.25) is 0 Å². The largest absolute Gasteiger partial charge is 0.254 e. The Kier molecular flexibility index (Phi) is 6.54. The molecule has 3 heteroatoms. The van der Waals surface area contributed by atoms with Gasteiger partial charge in [-0.25, -0.2) is 13.2 Å². The van der Waals surface area contributed by atoms with Crippen molar-refractivity contribution in [2.24, 2.45) is 5.41 Å². The molecule has 0 heterocycles. The average Bonchev–Trinajstić information content (AvgIpc) is 2.33. The zero-order chi connectivity index (χ0) is 14.3. The van der Waals surface area contributed by atoms with Crippen molar-refractivity contribution in [2.75, 3.05) is 0 Å². The standard InChI is InChI=1S/C13H13F3.C2H6/c1-9-5-4-6-10(11(9)14)7-8-13(2,3)12(15)16;1-2/h4-6,12H,1-3H3;1-2H3. The van der Waals surface area contributed by atoms with E-state index in [1.807, 2.05) is 13.8 Å². The average molecular weight is 256 g/mol. The molecule has 1 aromatic carbocycles. The van der Waals surface area contributed by atoms with Crippen molar-refractivity contribution in [1.29, 1.82) is 0 Å². The first-order valence-electron chi connectivity index (χ1n) is 5.91. The van der Waals surface area contributed by atoms with Crippen LogP contribution in [0.15, 0.2) is 18.2 Å². The molecule has 0 N–H and O–H groups in total. The Bertz CT molecular complexity index is 437. The van der Waals surface area contributed by atoms with Crippen LogP contribution in [-0.2, 0) is 0 Å². The van der Waals surface area contributed by atoms with Gasteiger partial charge in [0, 0.05) is 0 Å². The van der Waals surface area contributed by atoms with Gasteiger partial charge in [-0.1, -0.05) is 37.8 Å². The molecular formula is C15H19F3. The van der Waals surface area contributed by atoms with Gasteiger partial charge in [-0.2, -0.15) is 0 Å². The van der Waals surface area contributed by atoms with Crippen molar-refractivity contribution in [3.05, 3.63) is 35.1 Å². The van der Waals surface area contributed by atoms with Gasteiger partial charge in [-0.15, -0.1) is 0 Å². The van der Waals surface area contributed by atoms with Crippen molar-refractivity contribution >= 4 is 0 Å². The summed E-state index contributed by atoms with van der Waals surface area (Å²) < 4.78 is 38.5. The Morgan fingerprint density at radius 2 is 1.72 bits per heavy atom. The molecule has 0 fully saturated rings. The van der Waals surface area contributed by atoms with Crippen LogP contribution in [0.25, 0.3) is 0 Å². The first kappa shape index (κ1) is 16.6. The van der Waals surface area contributed by atoms with Gasteiger partial charge in [-0.3, -0.25) is 0 Å². The molecule has 0 unspecified atom stereocenters. The van der Waals surface area contributed by atoms with E-state index in [-0.39, 0.29) is 5.56 Å². The predicted molar refractivity (Wildman–Crippen MR) is 69.1 cm³/mol. The van der Waals surface area contributed by atoms with Crippen molar-refractivity contribution in [3.8, 4) is 11.8 Å². The molecule has 1 aromatic rings. The first-order chi connectivity index (χ1) is 8.34. The lowest BCUT2D eigenvalue weighted by Gasteiger charge is -2.15. The van der Waals surface area contributed by atoms with Gasteiger partial charge >= 0.3 is 0 Å². The summed E-state index contributed by atoms with van der Waals surface area (Å²) in [5.41, 5.74) is -0.800. The van der Waals surface area contributed by atoms with E-state index in [1.165, 1.54) is 19.9 Å². The maximum atomic E-state index is 13.5. The van der Waals surface area contributed by atoms with E-state index in [0.717, 1.165) is 0 Å². The highest BCUT2D eigenvalue weighted by atomic mass is 19.3. The zero-order valence-corrected chi connectivity index (χ0v) is 11.4. The van der Waals surface area contributed by atoms with E-state index in [4.69, 9.17) is 0 Å². The molecule has 0 saturated heterocycles. The van der Waals surface area contributed by atoms with Gasteiger partial charge in [0.2, 0.25) is 0 Å². The van der Waals surface area contributed by atoms with E-state index >= 15 is 0 Å². The number of benzene rings is 1. The van der Waals surface area contributed by atoms with Crippen LogP contribution in [0.5, 0.6) is 0 Å². The van der Waals surface area contributed by atoms with E-state index in [1.54, 1.807) is 19.1 Å². The number of halogens is 3. The number of hydrogen-bond acceptors (Lipinski definition) is 0. The molecule has 0 amide bonds. The molecule has 0 spiro atoms. The molecule has 0 atom stereocenters. The summed E-state index contributed by atoms with van der Waals surface area (Å²) in [7, 11) is 0. The molecular weight excluding hydrogens is 237 g/mol. The Balaban J connectivity index is 0.00000137. The third-order valence-electron chi connectivity index (χ3n) is 2.26. The van der Waals surface area contributed by atoms with Gasteiger partial charge in [0.25, 0.3) is 6.43 Å². The zero-order valence-electron chi connectivity index (χ0n) is 11.4. The topological polar surface area (TPSA) is 0 Å². The lowest BCUT2D eigenvalue weighted by molar-refractivity contribution is 0.0570. The highest BCUT2D eigenvalue weighted by Gasteiger charge is 2.26. The second kappa shape index (κ2) is 7.10. The predicted octanol–water partition coefficient (Wildman–Crippen LogP) is 4.80. The van der Waals surface area contributed by atoms with Crippen LogP contribution in [0.4, 0.5) is 13.2 Å². The summed E-state index contributed by atoms with van der Waals surface area (Å²) in [6.07, 6.45) is -2.55. The van der Waals surface area contributed by atoms with E-state index in [0.29, 0.717) is 5.56 Å². The van der Waals surface area contributed by atoms with Gasteiger partial charge in [-0.05, 0) is 32.4 Å². The fraction of sp³-hybridized carbons (Fsp3) is 0.467. The normalized spacial score (nSPS) is 10.3. The fourth-order valence-electron chi connectivity index (χ4n) is 1.03. The van der Waals surface area contributed by atoms with Crippen molar-refractivity contribution in [3.63, 3.8) is 0 Å². The summed E-state index contributed by atoms with van der Waals surface area (Å²) in [6.45, 7) is 8.27.